The van der Waals surface area contributed by atoms with Gasteiger partial charge in [0.1, 0.15) is 0 Å². The molecule has 0 aliphatic heterocycles. The van der Waals surface area contributed by atoms with Crippen LogP contribution in [0.5, 0.6) is 0 Å². The topological polar surface area (TPSA) is 26.0 Å². The summed E-state index contributed by atoms with van der Waals surface area (Å²) in [6.45, 7) is 16.5. The van der Waals surface area contributed by atoms with Gasteiger partial charge in [0.05, 0.1) is 7.85 Å². The van der Waals surface area contributed by atoms with E-state index in [9.17, 15) is 0 Å². The molecule has 2 N–H and O–H groups in total. The van der Waals surface area contributed by atoms with Gasteiger partial charge in [-0.25, -0.2) is 0 Å². The van der Waals surface area contributed by atoms with Crippen LogP contribution >= 0.6 is 0 Å². The minimum Gasteiger partial charge on any atom is -0.325 e. The highest BCUT2D eigenvalue weighted by molar-refractivity contribution is 6.15. The van der Waals surface area contributed by atoms with Gasteiger partial charge in [-0.15, -0.1) is 0 Å². The molecule has 0 aromatic heterocycles. The van der Waals surface area contributed by atoms with Crippen LogP contribution in [-0.2, 0) is 0 Å². The molecule has 110 valence electrons. The molecule has 4 unspecified atom stereocenters. The SMILES string of the molecule is CC.[B]C1(C)CC2CC(N)(CC(C)/C(=C/C=C)C2=C)C1. The normalized spacial score (nSPS) is 42.5. The maximum absolute atomic E-state index is 6.61. The van der Waals surface area contributed by atoms with Crippen LogP contribution in [0.1, 0.15) is 53.4 Å². The predicted molar refractivity (Wildman–Crippen MR) is 90.9 cm³/mol. The third kappa shape index (κ3) is 3.66. The maximum atomic E-state index is 6.61. The van der Waals surface area contributed by atoms with Gasteiger partial charge in [-0.3, -0.25) is 0 Å². The molecule has 2 heteroatoms. The molecular formula is C18H30BN. The van der Waals surface area contributed by atoms with Crippen molar-refractivity contribution in [2.75, 3.05) is 0 Å². The Balaban J connectivity index is 0.000000956. The van der Waals surface area contributed by atoms with E-state index in [2.05, 4.69) is 33.1 Å². The van der Waals surface area contributed by atoms with Crippen LogP contribution in [0.15, 0.2) is 36.5 Å². The highest BCUT2D eigenvalue weighted by Crippen LogP contribution is 2.54. The van der Waals surface area contributed by atoms with Crippen molar-refractivity contribution in [2.24, 2.45) is 17.6 Å². The van der Waals surface area contributed by atoms with Gasteiger partial charge in [-0.1, -0.05) is 58.3 Å². The first-order valence-corrected chi connectivity index (χ1v) is 7.86. The molecule has 2 rings (SSSR count). The fourth-order valence-electron chi connectivity index (χ4n) is 4.15. The highest BCUT2D eigenvalue weighted by atomic mass is 14.8. The van der Waals surface area contributed by atoms with Crippen molar-refractivity contribution in [3.05, 3.63) is 36.5 Å². The van der Waals surface area contributed by atoms with E-state index in [1.807, 2.05) is 19.9 Å². The molecule has 0 saturated heterocycles. The third-order valence-electron chi connectivity index (χ3n) is 4.53. The third-order valence-corrected chi connectivity index (χ3v) is 4.53. The van der Waals surface area contributed by atoms with Gasteiger partial charge in [0.2, 0.25) is 0 Å². The molecule has 0 heterocycles. The van der Waals surface area contributed by atoms with Gasteiger partial charge in [-0.05, 0) is 48.7 Å². The number of allylic oxidation sites excluding steroid dienone is 4. The summed E-state index contributed by atoms with van der Waals surface area (Å²) in [5, 5.41) is -0.163. The van der Waals surface area contributed by atoms with Gasteiger partial charge in [0, 0.05) is 5.54 Å². The molecular weight excluding hydrogens is 241 g/mol. The Morgan fingerprint density at radius 2 is 1.90 bits per heavy atom. The van der Waals surface area contributed by atoms with Crippen molar-refractivity contribution in [1.82, 2.24) is 0 Å². The zero-order valence-corrected chi connectivity index (χ0v) is 13.7. The van der Waals surface area contributed by atoms with E-state index in [1.165, 1.54) is 11.1 Å². The predicted octanol–water partition coefficient (Wildman–Crippen LogP) is 4.57. The summed E-state index contributed by atoms with van der Waals surface area (Å²) in [7, 11) is 6.39. The largest absolute Gasteiger partial charge is 0.325 e. The maximum Gasteiger partial charge on any atom is 0.0743 e. The van der Waals surface area contributed by atoms with Crippen LogP contribution in [0, 0.1) is 11.8 Å². The fourth-order valence-corrected chi connectivity index (χ4v) is 4.15. The summed E-state index contributed by atoms with van der Waals surface area (Å²) < 4.78 is 0. The number of hydrogen-bond donors (Lipinski definition) is 1. The smallest absolute Gasteiger partial charge is 0.0743 e. The van der Waals surface area contributed by atoms with Crippen molar-refractivity contribution in [3.8, 4) is 0 Å². The lowest BCUT2D eigenvalue weighted by Crippen LogP contribution is -2.48. The summed E-state index contributed by atoms with van der Waals surface area (Å²) >= 11 is 0. The van der Waals surface area contributed by atoms with Gasteiger partial charge < -0.3 is 5.73 Å². The lowest BCUT2D eigenvalue weighted by molar-refractivity contribution is 0.194. The van der Waals surface area contributed by atoms with Gasteiger partial charge >= 0.3 is 0 Å². The van der Waals surface area contributed by atoms with Crippen LogP contribution in [0.3, 0.4) is 0 Å². The molecule has 0 amide bonds. The minimum absolute atomic E-state index is 0.133. The molecule has 1 nitrogen and oxygen atoms in total. The minimum atomic E-state index is -0.163. The molecule has 2 fully saturated rings. The summed E-state index contributed by atoms with van der Waals surface area (Å²) in [5.41, 5.74) is 9.03. The molecule has 2 saturated carbocycles. The summed E-state index contributed by atoms with van der Waals surface area (Å²) in [4.78, 5) is 0. The van der Waals surface area contributed by atoms with E-state index in [4.69, 9.17) is 13.6 Å². The highest BCUT2D eigenvalue weighted by Gasteiger charge is 2.45. The summed E-state index contributed by atoms with van der Waals surface area (Å²) in [6, 6.07) is 0. The molecule has 2 aliphatic carbocycles. The second-order valence-electron chi connectivity index (χ2n) is 6.79. The van der Waals surface area contributed by atoms with Crippen molar-refractivity contribution >= 4 is 7.85 Å². The first-order valence-electron chi connectivity index (χ1n) is 7.86. The number of fused-ring (bicyclic) bond motifs is 2. The summed E-state index contributed by atoms with van der Waals surface area (Å²) in [5.74, 6) is 0.870. The van der Waals surface area contributed by atoms with Crippen molar-refractivity contribution in [1.29, 1.82) is 0 Å². The fraction of sp³-hybridized carbons (Fsp3) is 0.667. The van der Waals surface area contributed by atoms with Gasteiger partial charge in [0.15, 0.2) is 0 Å². The first kappa shape index (κ1) is 17.3. The Morgan fingerprint density at radius 1 is 1.30 bits per heavy atom. The molecule has 0 aromatic rings. The zero-order chi connectivity index (χ0) is 15.6. The first-order chi connectivity index (χ1) is 9.26. The quantitative estimate of drug-likeness (QED) is 0.695. The lowest BCUT2D eigenvalue weighted by Gasteiger charge is -2.46. The van der Waals surface area contributed by atoms with Crippen LogP contribution in [0.2, 0.25) is 5.31 Å². The molecule has 4 atom stereocenters. The van der Waals surface area contributed by atoms with E-state index in [1.54, 1.807) is 0 Å². The Labute approximate surface area is 126 Å². The van der Waals surface area contributed by atoms with Gasteiger partial charge in [0.25, 0.3) is 0 Å². The zero-order valence-electron chi connectivity index (χ0n) is 13.7. The van der Waals surface area contributed by atoms with Crippen LogP contribution in [-0.4, -0.2) is 13.4 Å². The average Bonchev–Trinajstić information content (AvgIpc) is 2.39. The van der Waals surface area contributed by atoms with Gasteiger partial charge in [-0.2, -0.15) is 0 Å². The molecule has 0 spiro atoms. The van der Waals surface area contributed by atoms with E-state index < -0.39 is 0 Å². The number of hydrogen-bond acceptors (Lipinski definition) is 1. The molecule has 20 heavy (non-hydrogen) atoms. The standard InChI is InChI=1S/C16H24BN.C2H6/c1-5-6-14-11(2)7-16(18)9-13(12(14)3)8-15(4,17)10-16;1-2/h5-6,11,13H,1,3,7-10,18H2,2,4H3;1-2H3/b14-6-;. The van der Waals surface area contributed by atoms with E-state index in [0.717, 1.165) is 25.7 Å². The molecule has 0 aromatic carbocycles. The van der Waals surface area contributed by atoms with Crippen molar-refractivity contribution in [2.45, 2.75) is 64.2 Å². The summed E-state index contributed by atoms with van der Waals surface area (Å²) in [6.07, 6.45) is 7.88. The van der Waals surface area contributed by atoms with E-state index in [0.29, 0.717) is 11.8 Å². The Bertz CT molecular complexity index is 408. The average molecular weight is 271 g/mol. The molecule has 2 bridgehead atoms. The van der Waals surface area contributed by atoms with Crippen LogP contribution < -0.4 is 5.73 Å². The second kappa shape index (κ2) is 6.34. The second-order valence-corrected chi connectivity index (χ2v) is 6.79. The monoisotopic (exact) mass is 271 g/mol. The van der Waals surface area contributed by atoms with Crippen molar-refractivity contribution < 1.29 is 0 Å². The Morgan fingerprint density at radius 3 is 2.45 bits per heavy atom. The number of nitrogens with two attached hydrogens (primary N) is 1. The number of rotatable bonds is 1. The lowest BCUT2D eigenvalue weighted by atomic mass is 9.53. The van der Waals surface area contributed by atoms with Crippen LogP contribution in [0.4, 0.5) is 0 Å². The van der Waals surface area contributed by atoms with E-state index in [-0.39, 0.29) is 10.9 Å². The molecule has 2 radical (unpaired) electrons. The van der Waals surface area contributed by atoms with E-state index >= 15 is 0 Å². The molecule has 2 aliphatic rings. The van der Waals surface area contributed by atoms with Crippen LogP contribution in [0.25, 0.3) is 0 Å². The van der Waals surface area contributed by atoms with Crippen molar-refractivity contribution in [3.63, 3.8) is 0 Å². The Kier molecular flexibility index (Phi) is 5.49. The Hall–Kier alpha value is -0.755.